The molecule has 18 atom stereocenters. The fourth-order valence-corrected chi connectivity index (χ4v) is 10.3. The smallest absolute Gasteiger partial charge is 0.364 e. The van der Waals surface area contributed by atoms with E-state index in [9.17, 15) is 75.7 Å². The van der Waals surface area contributed by atoms with E-state index in [4.69, 9.17) is 28.4 Å². The van der Waals surface area contributed by atoms with Gasteiger partial charge in [0.15, 0.2) is 12.6 Å². The summed E-state index contributed by atoms with van der Waals surface area (Å²) in [7, 11) is 0. The molecule has 0 bridgehead atoms. The molecule has 3 aliphatic rings. The van der Waals surface area contributed by atoms with Crippen molar-refractivity contribution in [3.63, 3.8) is 0 Å². The lowest BCUT2D eigenvalue weighted by molar-refractivity contribution is -0.386. The fraction of sp³-hybridized carbons (Fsp3) is 0.877. The largest absolute Gasteiger partial charge is 0.477 e. The Balaban J connectivity index is 1.69. The second kappa shape index (κ2) is 39.7. The Hall–Kier alpha value is -2.79. The van der Waals surface area contributed by atoms with Crippen molar-refractivity contribution in [1.82, 2.24) is 10.6 Å². The predicted molar refractivity (Wildman–Crippen MR) is 292 cm³/mol. The molecule has 2 amide bonds. The average Bonchev–Trinajstić information content (AvgIpc) is 3.43. The molecule has 3 fully saturated rings. The molecular weight excluding hydrogens is 1050 g/mol. The number of carboxylic acids is 1. The minimum absolute atomic E-state index is 0.189. The van der Waals surface area contributed by atoms with Crippen molar-refractivity contribution >= 4 is 17.8 Å². The number of aliphatic hydroxyl groups excluding tert-OH is 11. The number of hydrogen-bond acceptors (Lipinski definition) is 20. The zero-order chi connectivity index (χ0) is 59.0. The van der Waals surface area contributed by atoms with Crippen LogP contribution in [0, 0.1) is 0 Å². The van der Waals surface area contributed by atoms with Gasteiger partial charge in [0, 0.05) is 19.8 Å². The monoisotopic (exact) mass is 1150 g/mol. The molecule has 18 unspecified atom stereocenters. The maximum Gasteiger partial charge on any atom is 0.364 e. The molecule has 0 spiro atoms. The molecule has 0 aromatic heterocycles. The molecule has 3 rings (SSSR count). The summed E-state index contributed by atoms with van der Waals surface area (Å²) in [6.45, 7) is 2.03. The molecule has 0 saturated carbocycles. The van der Waals surface area contributed by atoms with Crippen molar-refractivity contribution in [2.45, 2.75) is 291 Å². The van der Waals surface area contributed by atoms with E-state index in [0.29, 0.717) is 12.8 Å². The number of allylic oxidation sites excluding steroid dienone is 3. The fourth-order valence-electron chi connectivity index (χ4n) is 10.3. The first-order valence-corrected chi connectivity index (χ1v) is 29.7. The molecule has 0 aliphatic carbocycles. The molecule has 0 radical (unpaired) electrons. The van der Waals surface area contributed by atoms with Gasteiger partial charge in [0.1, 0.15) is 67.1 Å². The Morgan fingerprint density at radius 1 is 0.650 bits per heavy atom. The van der Waals surface area contributed by atoms with Gasteiger partial charge in [-0.2, -0.15) is 0 Å². The molecule has 80 heavy (non-hydrogen) atoms. The summed E-state index contributed by atoms with van der Waals surface area (Å²) in [5.41, 5.74) is 0. The van der Waals surface area contributed by atoms with E-state index in [1.807, 2.05) is 6.08 Å². The molecule has 3 aliphatic heterocycles. The minimum atomic E-state index is -3.08. The Kier molecular flexibility index (Phi) is 35.5. The van der Waals surface area contributed by atoms with Gasteiger partial charge in [-0.25, -0.2) is 4.79 Å². The minimum Gasteiger partial charge on any atom is -0.477 e. The summed E-state index contributed by atoms with van der Waals surface area (Å²) in [5.74, 6) is -6.16. The van der Waals surface area contributed by atoms with Crippen molar-refractivity contribution in [3.8, 4) is 0 Å². The van der Waals surface area contributed by atoms with Crippen molar-refractivity contribution in [1.29, 1.82) is 0 Å². The van der Waals surface area contributed by atoms with E-state index in [0.717, 1.165) is 71.1 Å². The van der Waals surface area contributed by atoms with Crippen molar-refractivity contribution in [2.24, 2.45) is 0 Å². The summed E-state index contributed by atoms with van der Waals surface area (Å²) in [4.78, 5) is 38.3. The lowest BCUT2D eigenvalue weighted by Crippen LogP contribution is -2.70. The van der Waals surface area contributed by atoms with Gasteiger partial charge in [0.2, 0.25) is 11.8 Å². The first-order valence-electron chi connectivity index (χ1n) is 29.7. The average molecular weight is 1150 g/mol. The van der Waals surface area contributed by atoms with Crippen LogP contribution < -0.4 is 10.6 Å². The zero-order valence-electron chi connectivity index (χ0n) is 47.7. The van der Waals surface area contributed by atoms with Crippen LogP contribution >= 0.6 is 0 Å². The van der Waals surface area contributed by atoms with Crippen LogP contribution in [0.3, 0.4) is 0 Å². The van der Waals surface area contributed by atoms with Crippen molar-refractivity contribution < 1.29 is 104 Å². The molecule has 23 nitrogen and oxygen atoms in total. The van der Waals surface area contributed by atoms with Crippen LogP contribution in [-0.2, 0) is 42.8 Å². The maximum absolute atomic E-state index is 13.3. The SMILES string of the molecule is CCCC/C=C\CCCCCCCC(=O)NC(COC1OC(CO)C(OC2OC(CO)C(O)C(OC3(C(=O)O)CC(O)C(NC(C)=O)C(C(O)C(O)CO)O3)C2O)C(O)C1O)C(O)/C=C/CCCCCCCCCCCCCCC. The number of rotatable bonds is 42. The number of hydrogen-bond donors (Lipinski definition) is 14. The van der Waals surface area contributed by atoms with Crippen LogP contribution in [0.15, 0.2) is 24.3 Å². The number of unbranched alkanes of at least 4 members (excludes halogenated alkanes) is 20. The van der Waals surface area contributed by atoms with E-state index in [-0.39, 0.29) is 12.3 Å². The summed E-state index contributed by atoms with van der Waals surface area (Å²) < 4.78 is 34.6. The lowest BCUT2D eigenvalue weighted by Gasteiger charge is -2.50. The topological polar surface area (TPSA) is 373 Å². The van der Waals surface area contributed by atoms with E-state index >= 15 is 0 Å². The number of nitrogens with one attached hydrogen (secondary N) is 2. The predicted octanol–water partition coefficient (Wildman–Crippen LogP) is 2.16. The third kappa shape index (κ3) is 24.1. The number of aliphatic carboxylic acids is 1. The molecule has 3 heterocycles. The Bertz CT molecular complexity index is 1750. The second-order valence-electron chi connectivity index (χ2n) is 21.9. The van der Waals surface area contributed by atoms with E-state index < -0.39 is 155 Å². The van der Waals surface area contributed by atoms with Gasteiger partial charge >= 0.3 is 5.97 Å². The highest BCUT2D eigenvalue weighted by atomic mass is 16.8. The summed E-state index contributed by atoms with van der Waals surface area (Å²) in [6.07, 6.45) is 4.02. The van der Waals surface area contributed by atoms with Crippen LogP contribution in [0.4, 0.5) is 0 Å². The number of amides is 2. The van der Waals surface area contributed by atoms with Crippen LogP contribution in [0.1, 0.15) is 181 Å². The van der Waals surface area contributed by atoms with Crippen LogP contribution in [-0.4, -0.2) is 215 Å². The standard InChI is InChI=1S/C57H102N2O21/c1-4-6-8-10-12-14-16-17-18-19-21-22-24-26-28-30-39(64)38(59-44(67)31-29-27-25-23-20-15-13-11-9-7-5-2)36-75-54-49(71)48(70)51(43(35-62)77-54)78-55-50(72)53(47(69)42(34-61)76-55)80-57(56(73)74)32-40(65)45(58-37(3)63)52(79-57)46(68)41(66)33-60/h11,13,28,30,38-43,45-55,60-62,64-66,68-72H,4-10,12,14-27,29,31-36H2,1-3H3,(H,58,63)(H,59,67)(H,73,74)/b13-11-,30-28+. The van der Waals surface area contributed by atoms with Crippen molar-refractivity contribution in [2.75, 3.05) is 26.4 Å². The highest BCUT2D eigenvalue weighted by Crippen LogP contribution is 2.38. The normalized spacial score (nSPS) is 30.8. The van der Waals surface area contributed by atoms with Crippen molar-refractivity contribution in [3.05, 3.63) is 24.3 Å². The summed E-state index contributed by atoms with van der Waals surface area (Å²) in [5, 5.41) is 135. The maximum atomic E-state index is 13.3. The van der Waals surface area contributed by atoms with Crippen LogP contribution in [0.2, 0.25) is 0 Å². The van der Waals surface area contributed by atoms with Crippen LogP contribution in [0.25, 0.3) is 0 Å². The second-order valence-corrected chi connectivity index (χ2v) is 21.9. The van der Waals surface area contributed by atoms with Gasteiger partial charge in [-0.3, -0.25) is 9.59 Å². The number of aliphatic hydroxyl groups is 11. The molecule has 0 aromatic rings. The summed E-state index contributed by atoms with van der Waals surface area (Å²) in [6, 6.07) is -2.62. The van der Waals surface area contributed by atoms with E-state index in [1.165, 1.54) is 70.6 Å². The van der Waals surface area contributed by atoms with Gasteiger partial charge in [-0.1, -0.05) is 147 Å². The third-order valence-corrected chi connectivity index (χ3v) is 15.1. The molecule has 3 saturated heterocycles. The van der Waals surface area contributed by atoms with Crippen LogP contribution in [0.5, 0.6) is 0 Å². The Morgan fingerprint density at radius 3 is 1.74 bits per heavy atom. The van der Waals surface area contributed by atoms with E-state index in [1.54, 1.807) is 6.08 Å². The summed E-state index contributed by atoms with van der Waals surface area (Å²) >= 11 is 0. The van der Waals surface area contributed by atoms with Gasteiger partial charge in [-0.15, -0.1) is 0 Å². The van der Waals surface area contributed by atoms with Gasteiger partial charge in [0.25, 0.3) is 5.79 Å². The first kappa shape index (κ1) is 71.5. The number of carbonyl (C=O) groups is 3. The molecule has 0 aromatic carbocycles. The Morgan fingerprint density at radius 2 is 1.19 bits per heavy atom. The quantitative estimate of drug-likeness (QED) is 0.0308. The van der Waals surface area contributed by atoms with Gasteiger partial charge in [-0.05, 0) is 38.5 Å². The van der Waals surface area contributed by atoms with Gasteiger partial charge < -0.3 is 100 Å². The number of carbonyl (C=O) groups excluding carboxylic acids is 2. The highest BCUT2D eigenvalue weighted by Gasteiger charge is 2.60. The molecule has 14 N–H and O–H groups in total. The molecular formula is C57H102N2O21. The zero-order valence-corrected chi connectivity index (χ0v) is 47.7. The molecule has 466 valence electrons. The third-order valence-electron chi connectivity index (χ3n) is 15.1. The Labute approximate surface area is 473 Å². The first-order chi connectivity index (χ1) is 38.4. The molecule has 23 heteroatoms. The number of carboxylic acid groups (broad SMARTS) is 1. The van der Waals surface area contributed by atoms with E-state index in [2.05, 4.69) is 36.6 Å². The van der Waals surface area contributed by atoms with Gasteiger partial charge in [0.05, 0.1) is 50.7 Å². The lowest BCUT2D eigenvalue weighted by atomic mass is 9.88. The highest BCUT2D eigenvalue weighted by molar-refractivity contribution is 5.77. The number of ether oxygens (including phenoxy) is 6.